The van der Waals surface area contributed by atoms with Crippen molar-refractivity contribution in [2.24, 2.45) is 0 Å². The molecule has 1 aromatic carbocycles. The van der Waals surface area contributed by atoms with Gasteiger partial charge in [-0.1, -0.05) is 12.1 Å². The summed E-state index contributed by atoms with van der Waals surface area (Å²) in [7, 11) is 3.94. The third-order valence-electron chi connectivity index (χ3n) is 5.91. The van der Waals surface area contributed by atoms with Crippen LogP contribution in [0.2, 0.25) is 0 Å². The number of aromatic nitrogens is 5. The second kappa shape index (κ2) is 11.0. The van der Waals surface area contributed by atoms with E-state index in [1.807, 2.05) is 60.3 Å². The van der Waals surface area contributed by atoms with Crippen molar-refractivity contribution in [3.8, 4) is 11.5 Å². The number of fused-ring (bicyclic) bond motifs is 1. The summed E-state index contributed by atoms with van der Waals surface area (Å²) < 4.78 is 6.27. The van der Waals surface area contributed by atoms with Gasteiger partial charge in [-0.05, 0) is 38.7 Å². The Kier molecular flexibility index (Phi) is 7.22. The minimum atomic E-state index is 0.0270. The summed E-state index contributed by atoms with van der Waals surface area (Å²) in [6.45, 7) is 2.03. The van der Waals surface area contributed by atoms with E-state index in [9.17, 15) is 4.79 Å². The van der Waals surface area contributed by atoms with Crippen LogP contribution in [0.3, 0.4) is 0 Å². The van der Waals surface area contributed by atoms with Gasteiger partial charge in [0.25, 0.3) is 0 Å². The number of benzene rings is 1. The van der Waals surface area contributed by atoms with Crippen LogP contribution in [0.1, 0.15) is 6.42 Å². The Hall–Kier alpha value is -4.51. The number of rotatable bonds is 9. The molecule has 1 aliphatic rings. The van der Waals surface area contributed by atoms with Crippen molar-refractivity contribution >= 4 is 34.3 Å². The van der Waals surface area contributed by atoms with Gasteiger partial charge in [-0.2, -0.15) is 5.10 Å². The predicted molar refractivity (Wildman–Crippen MR) is 142 cm³/mol. The fourth-order valence-electron chi connectivity index (χ4n) is 4.13. The number of aromatic amines is 1. The van der Waals surface area contributed by atoms with Crippen molar-refractivity contribution in [2.45, 2.75) is 12.5 Å². The number of hydrogen-bond donors (Lipinski definition) is 3. The SMILES string of the molecule is CN(C)C/C=C/C(=O)N1CC[C@@H](Nc2n[nH]c3nccc(Oc4cccc(Nc5ccncn5)c4)c23)C1. The van der Waals surface area contributed by atoms with E-state index in [0.29, 0.717) is 41.9 Å². The van der Waals surface area contributed by atoms with Crippen LogP contribution in [-0.2, 0) is 4.79 Å². The molecule has 3 N–H and O–H groups in total. The molecule has 4 aromatic rings. The molecule has 11 nitrogen and oxygen atoms in total. The number of nitrogens with one attached hydrogen (secondary N) is 3. The monoisotopic (exact) mass is 499 g/mol. The van der Waals surface area contributed by atoms with Gasteiger partial charge in [-0.25, -0.2) is 15.0 Å². The van der Waals surface area contributed by atoms with Crippen LogP contribution in [0.25, 0.3) is 11.0 Å². The van der Waals surface area contributed by atoms with Crippen LogP contribution in [0.15, 0.2) is 67.3 Å². The highest BCUT2D eigenvalue weighted by atomic mass is 16.5. The Morgan fingerprint density at radius 2 is 2.16 bits per heavy atom. The molecule has 0 bridgehead atoms. The summed E-state index contributed by atoms with van der Waals surface area (Å²) in [6.07, 6.45) is 9.21. The molecular formula is C26H29N9O2. The molecule has 11 heteroatoms. The number of anilines is 3. The highest BCUT2D eigenvalue weighted by Gasteiger charge is 2.26. The van der Waals surface area contributed by atoms with Crippen molar-refractivity contribution in [1.29, 1.82) is 0 Å². The third kappa shape index (κ3) is 6.01. The number of ether oxygens (including phenoxy) is 1. The zero-order valence-corrected chi connectivity index (χ0v) is 20.8. The molecular weight excluding hydrogens is 470 g/mol. The number of carbonyl (C=O) groups is 1. The molecule has 1 atom stereocenters. The average Bonchev–Trinajstić information content (AvgIpc) is 3.53. The van der Waals surface area contributed by atoms with Gasteiger partial charge in [0, 0.05) is 62.0 Å². The number of likely N-dealkylation sites (N-methyl/N-ethyl adjacent to an activating group) is 1. The van der Waals surface area contributed by atoms with Gasteiger partial charge in [-0.15, -0.1) is 0 Å². The van der Waals surface area contributed by atoms with Crippen molar-refractivity contribution in [3.05, 3.63) is 67.3 Å². The molecule has 0 saturated carbocycles. The van der Waals surface area contributed by atoms with Gasteiger partial charge in [-0.3, -0.25) is 9.89 Å². The van der Waals surface area contributed by atoms with Crippen LogP contribution in [0, 0.1) is 0 Å². The first-order chi connectivity index (χ1) is 18.0. The normalized spacial score (nSPS) is 15.5. The Morgan fingerprint density at radius 1 is 1.24 bits per heavy atom. The second-order valence-corrected chi connectivity index (χ2v) is 9.03. The smallest absolute Gasteiger partial charge is 0.246 e. The fraction of sp³-hybridized carbons (Fsp3) is 0.269. The van der Waals surface area contributed by atoms with Gasteiger partial charge < -0.3 is 25.2 Å². The molecule has 0 radical (unpaired) electrons. The first-order valence-corrected chi connectivity index (χ1v) is 12.1. The Morgan fingerprint density at radius 3 is 3.00 bits per heavy atom. The Labute approximate surface area is 214 Å². The van der Waals surface area contributed by atoms with E-state index >= 15 is 0 Å². The second-order valence-electron chi connectivity index (χ2n) is 9.03. The zero-order valence-electron chi connectivity index (χ0n) is 20.8. The van der Waals surface area contributed by atoms with Crippen molar-refractivity contribution in [3.63, 3.8) is 0 Å². The molecule has 0 aliphatic carbocycles. The average molecular weight is 500 g/mol. The molecule has 3 aromatic heterocycles. The summed E-state index contributed by atoms with van der Waals surface area (Å²) in [6, 6.07) is 11.3. The molecule has 4 heterocycles. The first-order valence-electron chi connectivity index (χ1n) is 12.1. The van der Waals surface area contributed by atoms with E-state index in [-0.39, 0.29) is 11.9 Å². The van der Waals surface area contributed by atoms with E-state index in [4.69, 9.17) is 4.74 Å². The lowest BCUT2D eigenvalue weighted by molar-refractivity contribution is -0.125. The van der Waals surface area contributed by atoms with Crippen molar-refractivity contribution < 1.29 is 9.53 Å². The van der Waals surface area contributed by atoms with Crippen LogP contribution >= 0.6 is 0 Å². The fourth-order valence-corrected chi connectivity index (χ4v) is 4.13. The number of H-pyrrole nitrogens is 1. The van der Waals surface area contributed by atoms with Crippen molar-refractivity contribution in [1.82, 2.24) is 34.9 Å². The van der Waals surface area contributed by atoms with Gasteiger partial charge in [0.05, 0.1) is 0 Å². The molecule has 1 amide bonds. The summed E-state index contributed by atoms with van der Waals surface area (Å²) >= 11 is 0. The van der Waals surface area contributed by atoms with Crippen LogP contribution < -0.4 is 15.4 Å². The lowest BCUT2D eigenvalue weighted by atomic mass is 10.2. The van der Waals surface area contributed by atoms with Gasteiger partial charge in [0.2, 0.25) is 5.91 Å². The van der Waals surface area contributed by atoms with E-state index in [1.54, 1.807) is 24.5 Å². The predicted octanol–water partition coefficient (Wildman–Crippen LogP) is 3.41. The van der Waals surface area contributed by atoms with E-state index in [1.165, 1.54) is 6.33 Å². The quantitative estimate of drug-likeness (QED) is 0.297. The van der Waals surface area contributed by atoms with Crippen LogP contribution in [-0.4, -0.2) is 80.6 Å². The van der Waals surface area contributed by atoms with E-state index in [0.717, 1.165) is 24.0 Å². The molecule has 0 spiro atoms. The molecule has 190 valence electrons. The highest BCUT2D eigenvalue weighted by molar-refractivity contribution is 5.93. The number of hydrogen-bond acceptors (Lipinski definition) is 9. The molecule has 0 unspecified atom stereocenters. The Balaban J connectivity index is 1.29. The first kappa shape index (κ1) is 24.2. The Bertz CT molecular complexity index is 1390. The maximum absolute atomic E-state index is 12.5. The van der Waals surface area contributed by atoms with E-state index < -0.39 is 0 Å². The number of amides is 1. The largest absolute Gasteiger partial charge is 0.456 e. The van der Waals surface area contributed by atoms with Crippen molar-refractivity contribution in [2.75, 3.05) is 44.4 Å². The minimum Gasteiger partial charge on any atom is -0.456 e. The number of carbonyl (C=O) groups excluding carboxylic acids is 1. The summed E-state index contributed by atoms with van der Waals surface area (Å²) in [5, 5.41) is 14.9. The lowest BCUT2D eigenvalue weighted by Gasteiger charge is -2.16. The highest BCUT2D eigenvalue weighted by Crippen LogP contribution is 2.34. The summed E-state index contributed by atoms with van der Waals surface area (Å²) in [5.41, 5.74) is 1.45. The topological polar surface area (TPSA) is 124 Å². The standard InChI is InChI=1S/C26H29N9O2/c1-34(2)13-4-7-23(36)35-14-10-19(16-35)31-26-24-21(8-12-28-25(24)32-33-26)37-20-6-3-5-18(15-20)30-22-9-11-27-17-29-22/h3-9,11-12,15,17,19H,10,13-14,16H2,1-2H3,(H,27,29,30)(H2,28,31,32,33)/b7-4+/t19-/m1/s1. The molecule has 1 aliphatic heterocycles. The van der Waals surface area contributed by atoms with Crippen LogP contribution in [0.4, 0.5) is 17.3 Å². The maximum Gasteiger partial charge on any atom is 0.246 e. The maximum atomic E-state index is 12.5. The summed E-state index contributed by atoms with van der Waals surface area (Å²) in [5.74, 6) is 2.64. The number of likely N-dealkylation sites (tertiary alicyclic amines) is 1. The summed E-state index contributed by atoms with van der Waals surface area (Å²) in [4.78, 5) is 28.9. The number of nitrogens with zero attached hydrogens (tertiary/aromatic N) is 6. The van der Waals surface area contributed by atoms with Gasteiger partial charge in [0.1, 0.15) is 29.0 Å². The number of pyridine rings is 1. The molecule has 1 saturated heterocycles. The lowest BCUT2D eigenvalue weighted by Crippen LogP contribution is -2.30. The molecule has 37 heavy (non-hydrogen) atoms. The minimum absolute atomic E-state index is 0.0270. The zero-order chi connectivity index (χ0) is 25.6. The van der Waals surface area contributed by atoms with E-state index in [2.05, 4.69) is 35.8 Å². The third-order valence-corrected chi connectivity index (χ3v) is 5.91. The van der Waals surface area contributed by atoms with Crippen LogP contribution in [0.5, 0.6) is 11.5 Å². The van der Waals surface area contributed by atoms with Gasteiger partial charge in [0.15, 0.2) is 11.5 Å². The molecule has 1 fully saturated rings. The van der Waals surface area contributed by atoms with Gasteiger partial charge >= 0.3 is 0 Å². The molecule has 5 rings (SSSR count).